The Morgan fingerprint density at radius 2 is 1.44 bits per heavy atom. The number of halogens is 6. The molecule has 0 heterocycles. The van der Waals surface area contributed by atoms with E-state index in [1.54, 1.807) is 13.8 Å². The van der Waals surface area contributed by atoms with Crippen molar-refractivity contribution in [3.8, 4) is 11.5 Å². The lowest BCUT2D eigenvalue weighted by molar-refractivity contribution is -0.152. The summed E-state index contributed by atoms with van der Waals surface area (Å²) in [5.74, 6) is -15.6. The van der Waals surface area contributed by atoms with E-state index in [4.69, 9.17) is 25.4 Å². The van der Waals surface area contributed by atoms with Crippen molar-refractivity contribution in [2.24, 2.45) is 5.92 Å². The third-order valence-electron chi connectivity index (χ3n) is 4.25. The molecule has 0 radical (unpaired) electrons. The van der Waals surface area contributed by atoms with Gasteiger partial charge in [-0.1, -0.05) is 25.4 Å². The minimum absolute atomic E-state index is 0.149. The maximum absolute atomic E-state index is 14.1. The molecule has 2 rings (SSSR count). The first-order chi connectivity index (χ1) is 14.9. The second kappa shape index (κ2) is 10.5. The van der Waals surface area contributed by atoms with Crippen LogP contribution in [-0.2, 0) is 14.1 Å². The third-order valence-corrected chi connectivity index (χ3v) is 6.45. The Balaban J connectivity index is 2.44. The van der Waals surface area contributed by atoms with Gasteiger partial charge in [0.1, 0.15) is 5.75 Å². The number of esters is 1. The number of ether oxygens (including phenoxy) is 1. The lowest BCUT2D eigenvalue weighted by Crippen LogP contribution is -2.24. The maximum Gasteiger partial charge on any atom is 0.431 e. The summed E-state index contributed by atoms with van der Waals surface area (Å²) in [6.07, 6.45) is -0.777. The van der Waals surface area contributed by atoms with Gasteiger partial charge in [-0.2, -0.15) is 8.78 Å². The third kappa shape index (κ3) is 6.13. The van der Waals surface area contributed by atoms with E-state index < -0.39 is 66.6 Å². The fraction of sp³-hybridized carbons (Fsp3) is 0.350. The second-order valence-electron chi connectivity index (χ2n) is 6.89. The van der Waals surface area contributed by atoms with E-state index >= 15 is 0 Å². The summed E-state index contributed by atoms with van der Waals surface area (Å²) < 4.78 is 97.1. The molecule has 0 bridgehead atoms. The van der Waals surface area contributed by atoms with Gasteiger partial charge in [0.15, 0.2) is 0 Å². The standard InChI is InChI=1S/C20H19ClF5O5P/c1-4-11(3)29-20(27)10(2)9-32(28,30-13-7-5-12(21)6-8-13)31-19-17(25)15(23)14(22)16(24)18(19)26/h5-8,10-11H,4,9H2,1-3H3/t10-,11-,32?/m1/s1. The smallest absolute Gasteiger partial charge is 0.431 e. The number of carbonyl (C=O) groups excluding carboxylic acids is 1. The zero-order valence-corrected chi connectivity index (χ0v) is 18.8. The van der Waals surface area contributed by atoms with E-state index in [1.807, 2.05) is 0 Å². The fourth-order valence-corrected chi connectivity index (χ4v) is 4.37. The molecule has 12 heteroatoms. The summed E-state index contributed by atoms with van der Waals surface area (Å²) >= 11 is 5.76. The zero-order valence-electron chi connectivity index (χ0n) is 17.1. The minimum atomic E-state index is -4.73. The number of rotatable bonds is 9. The van der Waals surface area contributed by atoms with Gasteiger partial charge in [0.25, 0.3) is 0 Å². The average molecular weight is 501 g/mol. The lowest BCUT2D eigenvalue weighted by atomic mass is 10.2. The Bertz CT molecular complexity index is 1010. The van der Waals surface area contributed by atoms with Gasteiger partial charge in [0.2, 0.25) is 34.8 Å². The van der Waals surface area contributed by atoms with Crippen molar-refractivity contribution in [2.75, 3.05) is 6.16 Å². The molecule has 0 amide bonds. The van der Waals surface area contributed by atoms with Crippen LogP contribution < -0.4 is 9.05 Å². The van der Waals surface area contributed by atoms with Crippen LogP contribution >= 0.6 is 19.2 Å². The van der Waals surface area contributed by atoms with Gasteiger partial charge in [-0.05, 0) is 37.6 Å². The highest BCUT2D eigenvalue weighted by atomic mass is 35.5. The first-order valence-corrected chi connectivity index (χ1v) is 11.4. The predicted molar refractivity (Wildman–Crippen MR) is 106 cm³/mol. The molecular weight excluding hydrogens is 482 g/mol. The van der Waals surface area contributed by atoms with Crippen LogP contribution in [0.5, 0.6) is 11.5 Å². The topological polar surface area (TPSA) is 61.8 Å². The Labute approximate surface area is 186 Å². The van der Waals surface area contributed by atoms with Crippen molar-refractivity contribution in [3.63, 3.8) is 0 Å². The number of hydrogen-bond donors (Lipinski definition) is 0. The van der Waals surface area contributed by atoms with Crippen molar-refractivity contribution in [2.45, 2.75) is 33.3 Å². The van der Waals surface area contributed by atoms with Crippen LogP contribution in [0.3, 0.4) is 0 Å². The molecule has 0 saturated heterocycles. The number of hydrogen-bond acceptors (Lipinski definition) is 5. The monoisotopic (exact) mass is 500 g/mol. The van der Waals surface area contributed by atoms with E-state index in [0.717, 1.165) is 0 Å². The molecule has 0 aliphatic heterocycles. The quantitative estimate of drug-likeness (QED) is 0.127. The van der Waals surface area contributed by atoms with Crippen molar-refractivity contribution in [1.29, 1.82) is 0 Å². The number of benzene rings is 2. The highest BCUT2D eigenvalue weighted by molar-refractivity contribution is 7.54. The van der Waals surface area contributed by atoms with Crippen LogP contribution in [0.15, 0.2) is 24.3 Å². The SMILES string of the molecule is CC[C@@H](C)OC(=O)[C@H](C)CP(=O)(Oc1ccc(Cl)cc1)Oc1c(F)c(F)c(F)c(F)c1F. The second-order valence-corrected chi connectivity index (χ2v) is 9.27. The Kier molecular flexibility index (Phi) is 8.54. The Morgan fingerprint density at radius 1 is 0.938 bits per heavy atom. The van der Waals surface area contributed by atoms with Crippen LogP contribution in [0.2, 0.25) is 5.02 Å². The molecule has 0 aliphatic rings. The summed E-state index contributed by atoms with van der Waals surface area (Å²) in [4.78, 5) is 12.2. The van der Waals surface area contributed by atoms with Gasteiger partial charge in [-0.3, -0.25) is 4.79 Å². The summed E-state index contributed by atoms with van der Waals surface area (Å²) in [7, 11) is -4.73. The first-order valence-electron chi connectivity index (χ1n) is 9.34. The summed E-state index contributed by atoms with van der Waals surface area (Å²) in [6, 6.07) is 5.14. The van der Waals surface area contributed by atoms with E-state index in [2.05, 4.69) is 0 Å². The van der Waals surface area contributed by atoms with Gasteiger partial charge in [-0.25, -0.2) is 17.7 Å². The van der Waals surface area contributed by atoms with Crippen molar-refractivity contribution in [1.82, 2.24) is 0 Å². The van der Waals surface area contributed by atoms with Crippen LogP contribution in [-0.4, -0.2) is 18.2 Å². The van der Waals surface area contributed by atoms with Crippen LogP contribution in [0.1, 0.15) is 27.2 Å². The molecular formula is C20H19ClF5O5P. The van der Waals surface area contributed by atoms with Crippen LogP contribution in [0.4, 0.5) is 22.0 Å². The average Bonchev–Trinajstić information content (AvgIpc) is 2.75. The van der Waals surface area contributed by atoms with Gasteiger partial charge < -0.3 is 13.8 Å². The van der Waals surface area contributed by atoms with Gasteiger partial charge >= 0.3 is 13.6 Å². The molecule has 32 heavy (non-hydrogen) atoms. The minimum Gasteiger partial charge on any atom is -0.462 e. The Hall–Kier alpha value is -2.32. The summed E-state index contributed by atoms with van der Waals surface area (Å²) in [5, 5.41) is 0.276. The molecule has 2 aromatic carbocycles. The molecule has 0 fully saturated rings. The molecule has 0 saturated carbocycles. The Morgan fingerprint density at radius 3 is 1.94 bits per heavy atom. The highest BCUT2D eigenvalue weighted by Gasteiger charge is 2.38. The summed E-state index contributed by atoms with van der Waals surface area (Å²) in [5.41, 5.74) is 0. The van der Waals surface area contributed by atoms with Crippen molar-refractivity contribution < 1.29 is 45.1 Å². The maximum atomic E-state index is 14.1. The normalized spacial score (nSPS) is 14.9. The number of carbonyl (C=O) groups is 1. The largest absolute Gasteiger partial charge is 0.462 e. The van der Waals surface area contributed by atoms with Gasteiger partial charge in [-0.15, -0.1) is 0 Å². The fourth-order valence-electron chi connectivity index (χ4n) is 2.36. The molecule has 0 aliphatic carbocycles. The lowest BCUT2D eigenvalue weighted by Gasteiger charge is -2.23. The van der Waals surface area contributed by atoms with Crippen LogP contribution in [0.25, 0.3) is 0 Å². The van der Waals surface area contributed by atoms with E-state index in [-0.39, 0.29) is 10.8 Å². The molecule has 0 spiro atoms. The van der Waals surface area contributed by atoms with Gasteiger partial charge in [0, 0.05) is 5.02 Å². The van der Waals surface area contributed by atoms with E-state index in [0.29, 0.717) is 6.42 Å². The molecule has 176 valence electrons. The van der Waals surface area contributed by atoms with Gasteiger partial charge in [0.05, 0.1) is 18.2 Å². The van der Waals surface area contributed by atoms with Crippen molar-refractivity contribution >= 4 is 25.2 Å². The predicted octanol–water partition coefficient (Wildman–Crippen LogP) is 6.66. The van der Waals surface area contributed by atoms with E-state index in [1.165, 1.54) is 31.2 Å². The van der Waals surface area contributed by atoms with E-state index in [9.17, 15) is 31.3 Å². The molecule has 3 atom stereocenters. The van der Waals surface area contributed by atoms with Crippen molar-refractivity contribution in [3.05, 3.63) is 58.4 Å². The molecule has 2 aromatic rings. The summed E-state index contributed by atoms with van der Waals surface area (Å²) in [6.45, 7) is 4.65. The van der Waals surface area contributed by atoms with Crippen LogP contribution in [0, 0.1) is 35.0 Å². The highest BCUT2D eigenvalue weighted by Crippen LogP contribution is 2.51. The molecule has 0 aromatic heterocycles. The zero-order chi connectivity index (χ0) is 24.2. The first kappa shape index (κ1) is 25.9. The molecule has 0 N–H and O–H groups in total. The molecule has 5 nitrogen and oxygen atoms in total. The molecule has 1 unspecified atom stereocenters.